The zero-order valence-electron chi connectivity index (χ0n) is 17.7. The lowest BCUT2D eigenvalue weighted by molar-refractivity contribution is -0.123. The van der Waals surface area contributed by atoms with Crippen molar-refractivity contribution in [2.24, 2.45) is 0 Å². The standard InChI is InChI=1S/C22H25N3O5S/c1-12-8-9-16(13(2)10-12)24-22(29)25-18(27)11-30-21(28)19-15-6-4-5-7-17(15)31-20(19)23-14(3)26/h8-10H,4-7,11H2,1-3H3,(H,23,26)(H2,24,25,27,29). The van der Waals surface area contributed by atoms with E-state index in [9.17, 15) is 19.2 Å². The molecule has 0 unspecified atom stereocenters. The number of amides is 4. The average molecular weight is 444 g/mol. The van der Waals surface area contributed by atoms with E-state index in [2.05, 4.69) is 16.0 Å². The van der Waals surface area contributed by atoms with Gasteiger partial charge in [0.15, 0.2) is 6.61 Å². The first-order valence-electron chi connectivity index (χ1n) is 10.0. The molecule has 3 rings (SSSR count). The lowest BCUT2D eigenvalue weighted by atomic mass is 9.95. The second-order valence-corrected chi connectivity index (χ2v) is 8.60. The molecule has 0 bridgehead atoms. The Morgan fingerprint density at radius 3 is 2.52 bits per heavy atom. The van der Waals surface area contributed by atoms with Crippen LogP contribution < -0.4 is 16.0 Å². The summed E-state index contributed by atoms with van der Waals surface area (Å²) in [5.41, 5.74) is 3.68. The summed E-state index contributed by atoms with van der Waals surface area (Å²) < 4.78 is 5.15. The minimum absolute atomic E-state index is 0.284. The van der Waals surface area contributed by atoms with Gasteiger partial charge in [-0.15, -0.1) is 11.3 Å². The van der Waals surface area contributed by atoms with Crippen LogP contribution in [0.4, 0.5) is 15.5 Å². The topological polar surface area (TPSA) is 114 Å². The van der Waals surface area contributed by atoms with Gasteiger partial charge in [0.05, 0.1) is 5.56 Å². The van der Waals surface area contributed by atoms with Gasteiger partial charge < -0.3 is 15.4 Å². The molecule has 4 amide bonds. The van der Waals surface area contributed by atoms with Gasteiger partial charge >= 0.3 is 12.0 Å². The maximum absolute atomic E-state index is 12.7. The molecule has 31 heavy (non-hydrogen) atoms. The van der Waals surface area contributed by atoms with E-state index in [-0.39, 0.29) is 5.91 Å². The Morgan fingerprint density at radius 2 is 1.81 bits per heavy atom. The Balaban J connectivity index is 1.60. The van der Waals surface area contributed by atoms with Crippen LogP contribution in [-0.4, -0.2) is 30.4 Å². The summed E-state index contributed by atoms with van der Waals surface area (Å²) in [6, 6.07) is 4.80. The van der Waals surface area contributed by atoms with E-state index in [4.69, 9.17) is 4.74 Å². The Bertz CT molecular complexity index is 1040. The highest BCUT2D eigenvalue weighted by Crippen LogP contribution is 2.38. The molecule has 1 aromatic carbocycles. The molecule has 0 saturated heterocycles. The third kappa shape index (κ3) is 5.69. The molecule has 8 nitrogen and oxygen atoms in total. The highest BCUT2D eigenvalue weighted by Gasteiger charge is 2.27. The number of benzene rings is 1. The van der Waals surface area contributed by atoms with Gasteiger partial charge in [-0.05, 0) is 56.7 Å². The number of anilines is 2. The van der Waals surface area contributed by atoms with Gasteiger partial charge in [-0.2, -0.15) is 0 Å². The van der Waals surface area contributed by atoms with Crippen LogP contribution in [0.15, 0.2) is 18.2 Å². The van der Waals surface area contributed by atoms with Crippen LogP contribution in [0, 0.1) is 13.8 Å². The van der Waals surface area contributed by atoms with Crippen molar-refractivity contribution in [3.05, 3.63) is 45.3 Å². The summed E-state index contributed by atoms with van der Waals surface area (Å²) in [6.07, 6.45) is 3.54. The molecular formula is C22H25N3O5S. The Morgan fingerprint density at radius 1 is 1.06 bits per heavy atom. The number of carbonyl (C=O) groups excluding carboxylic acids is 4. The van der Waals surface area contributed by atoms with Crippen molar-refractivity contribution in [3.63, 3.8) is 0 Å². The lowest BCUT2D eigenvalue weighted by Crippen LogP contribution is -2.37. The second kappa shape index (κ2) is 9.74. The number of carbonyl (C=O) groups is 4. The minimum Gasteiger partial charge on any atom is -0.452 e. The third-order valence-corrected chi connectivity index (χ3v) is 6.09. The van der Waals surface area contributed by atoms with E-state index < -0.39 is 24.5 Å². The van der Waals surface area contributed by atoms with Crippen LogP contribution in [0.1, 0.15) is 51.7 Å². The molecule has 0 atom stereocenters. The number of hydrogen-bond acceptors (Lipinski definition) is 6. The van der Waals surface area contributed by atoms with Crippen LogP contribution in [0.2, 0.25) is 0 Å². The van der Waals surface area contributed by atoms with E-state index in [1.165, 1.54) is 18.3 Å². The average Bonchev–Trinajstić information content (AvgIpc) is 3.05. The van der Waals surface area contributed by atoms with Crippen molar-refractivity contribution in [1.29, 1.82) is 0 Å². The number of rotatable bonds is 5. The van der Waals surface area contributed by atoms with Crippen molar-refractivity contribution >= 4 is 45.8 Å². The number of thiophene rings is 1. The van der Waals surface area contributed by atoms with E-state index in [0.717, 1.165) is 47.3 Å². The maximum Gasteiger partial charge on any atom is 0.341 e. The van der Waals surface area contributed by atoms with Crippen molar-refractivity contribution < 1.29 is 23.9 Å². The molecule has 1 aromatic heterocycles. The predicted octanol–water partition coefficient (Wildman–Crippen LogP) is 3.71. The zero-order valence-corrected chi connectivity index (χ0v) is 18.5. The molecule has 3 N–H and O–H groups in total. The monoisotopic (exact) mass is 443 g/mol. The predicted molar refractivity (Wildman–Crippen MR) is 119 cm³/mol. The molecule has 0 fully saturated rings. The fourth-order valence-electron chi connectivity index (χ4n) is 3.50. The van der Waals surface area contributed by atoms with E-state index in [1.807, 2.05) is 26.0 Å². The van der Waals surface area contributed by atoms with E-state index >= 15 is 0 Å². The molecule has 1 aliphatic rings. The SMILES string of the molecule is CC(=O)Nc1sc2c(c1C(=O)OCC(=O)NC(=O)Nc1ccc(C)cc1C)CCCC2. The van der Waals surface area contributed by atoms with Gasteiger partial charge in [-0.3, -0.25) is 14.9 Å². The van der Waals surface area contributed by atoms with Crippen molar-refractivity contribution in [3.8, 4) is 0 Å². The number of nitrogens with one attached hydrogen (secondary N) is 3. The van der Waals surface area contributed by atoms with Crippen molar-refractivity contribution in [2.75, 3.05) is 17.2 Å². The number of urea groups is 1. The molecule has 0 saturated carbocycles. The highest BCUT2D eigenvalue weighted by molar-refractivity contribution is 7.17. The van der Waals surface area contributed by atoms with Crippen molar-refractivity contribution in [1.82, 2.24) is 5.32 Å². The Hall–Kier alpha value is -3.20. The first-order chi connectivity index (χ1) is 14.7. The molecule has 2 aromatic rings. The van der Waals surface area contributed by atoms with Crippen molar-refractivity contribution in [2.45, 2.75) is 46.5 Å². The molecule has 1 heterocycles. The summed E-state index contributed by atoms with van der Waals surface area (Å²) in [5.74, 6) is -1.72. The van der Waals surface area contributed by atoms with Crippen LogP contribution in [0.3, 0.4) is 0 Å². The number of imide groups is 1. The summed E-state index contributed by atoms with van der Waals surface area (Å²) in [4.78, 5) is 49.4. The van der Waals surface area contributed by atoms with E-state index in [0.29, 0.717) is 16.3 Å². The smallest absolute Gasteiger partial charge is 0.341 e. The fourth-order valence-corrected chi connectivity index (χ4v) is 4.83. The second-order valence-electron chi connectivity index (χ2n) is 7.49. The summed E-state index contributed by atoms with van der Waals surface area (Å²) >= 11 is 1.37. The van der Waals surface area contributed by atoms with Gasteiger partial charge in [-0.25, -0.2) is 9.59 Å². The first kappa shape index (κ1) is 22.5. The van der Waals surface area contributed by atoms with Crippen LogP contribution in [0.25, 0.3) is 0 Å². The molecular weight excluding hydrogens is 418 g/mol. The Labute approximate surface area is 184 Å². The molecule has 9 heteroatoms. The fraction of sp³-hybridized carbons (Fsp3) is 0.364. The van der Waals surface area contributed by atoms with Crippen LogP contribution in [0.5, 0.6) is 0 Å². The number of aryl methyl sites for hydroxylation is 3. The number of fused-ring (bicyclic) bond motifs is 1. The maximum atomic E-state index is 12.7. The van der Waals surface area contributed by atoms with Gasteiger partial charge in [0.1, 0.15) is 5.00 Å². The molecule has 0 spiro atoms. The van der Waals surface area contributed by atoms with Gasteiger partial charge in [-0.1, -0.05) is 17.7 Å². The Kier molecular flexibility index (Phi) is 7.06. The number of esters is 1. The molecule has 1 aliphatic carbocycles. The van der Waals surface area contributed by atoms with Crippen LogP contribution in [-0.2, 0) is 27.2 Å². The molecule has 0 radical (unpaired) electrons. The summed E-state index contributed by atoms with van der Waals surface area (Å²) in [6.45, 7) is 4.55. The summed E-state index contributed by atoms with van der Waals surface area (Å²) in [5, 5.41) is 7.87. The largest absolute Gasteiger partial charge is 0.452 e. The number of ether oxygens (including phenoxy) is 1. The first-order valence-corrected chi connectivity index (χ1v) is 10.8. The zero-order chi connectivity index (χ0) is 22.5. The summed E-state index contributed by atoms with van der Waals surface area (Å²) in [7, 11) is 0. The molecule has 0 aliphatic heterocycles. The highest BCUT2D eigenvalue weighted by atomic mass is 32.1. The quantitative estimate of drug-likeness (QED) is 0.610. The van der Waals surface area contributed by atoms with Gasteiger partial charge in [0.2, 0.25) is 5.91 Å². The lowest BCUT2D eigenvalue weighted by Gasteiger charge is -2.13. The number of hydrogen-bond donors (Lipinski definition) is 3. The van der Waals surface area contributed by atoms with E-state index in [1.54, 1.807) is 6.07 Å². The third-order valence-electron chi connectivity index (χ3n) is 4.88. The minimum atomic E-state index is -0.749. The van der Waals surface area contributed by atoms with Crippen LogP contribution >= 0.6 is 11.3 Å². The molecule has 164 valence electrons. The van der Waals surface area contributed by atoms with Gasteiger partial charge in [0.25, 0.3) is 5.91 Å². The van der Waals surface area contributed by atoms with Gasteiger partial charge in [0, 0.05) is 17.5 Å². The normalized spacial score (nSPS) is 12.5.